The van der Waals surface area contributed by atoms with E-state index in [1.54, 1.807) is 29.5 Å². The smallest absolute Gasteiger partial charge is 0.234 e. The van der Waals surface area contributed by atoms with Crippen molar-refractivity contribution in [2.45, 2.75) is 5.16 Å². The maximum Gasteiger partial charge on any atom is 0.234 e. The molecule has 0 radical (unpaired) electrons. The first-order valence-electron chi connectivity index (χ1n) is 8.12. The molecule has 0 saturated carbocycles. The van der Waals surface area contributed by atoms with E-state index in [9.17, 15) is 4.79 Å². The first-order chi connectivity index (χ1) is 13.6. The number of nitrogens with one attached hydrogen (secondary N) is 1. The number of hydrogen-bond acceptors (Lipinski definition) is 5. The highest BCUT2D eigenvalue weighted by Crippen LogP contribution is 2.28. The van der Waals surface area contributed by atoms with E-state index in [0.717, 1.165) is 10.7 Å². The lowest BCUT2D eigenvalue weighted by molar-refractivity contribution is -0.113. The van der Waals surface area contributed by atoms with Crippen molar-refractivity contribution in [3.05, 3.63) is 70.3 Å². The molecule has 4 rings (SSSR count). The third-order valence-corrected chi connectivity index (χ3v) is 5.87. The van der Waals surface area contributed by atoms with E-state index >= 15 is 0 Å². The van der Waals surface area contributed by atoms with Gasteiger partial charge in [0, 0.05) is 28.1 Å². The Balaban J connectivity index is 1.53. The summed E-state index contributed by atoms with van der Waals surface area (Å²) in [5, 5.41) is 14.9. The Labute approximate surface area is 179 Å². The molecule has 0 unspecified atom stereocenters. The lowest BCUT2D eigenvalue weighted by Crippen LogP contribution is -2.15. The van der Waals surface area contributed by atoms with E-state index in [1.165, 1.54) is 11.8 Å². The number of thiophene rings is 1. The van der Waals surface area contributed by atoms with Gasteiger partial charge in [-0.2, -0.15) is 0 Å². The highest BCUT2D eigenvalue weighted by molar-refractivity contribution is 7.99. The Morgan fingerprint density at radius 2 is 1.86 bits per heavy atom. The number of nitrogens with zero attached hydrogens (tertiary/aromatic N) is 4. The van der Waals surface area contributed by atoms with Crippen LogP contribution >= 0.6 is 46.3 Å². The Kier molecular flexibility index (Phi) is 5.72. The van der Waals surface area contributed by atoms with Gasteiger partial charge in [0.05, 0.1) is 10.6 Å². The van der Waals surface area contributed by atoms with Gasteiger partial charge in [0.1, 0.15) is 0 Å². The fourth-order valence-electron chi connectivity index (χ4n) is 2.53. The lowest BCUT2D eigenvalue weighted by atomic mass is 10.3. The molecule has 0 saturated heterocycles. The van der Waals surface area contributed by atoms with Gasteiger partial charge < -0.3 is 5.32 Å². The van der Waals surface area contributed by atoms with Crippen molar-refractivity contribution in [3.63, 3.8) is 0 Å². The first-order valence-corrected chi connectivity index (χ1v) is 10.7. The van der Waals surface area contributed by atoms with Crippen LogP contribution in [-0.2, 0) is 4.79 Å². The molecule has 6 nitrogen and oxygen atoms in total. The number of rotatable bonds is 6. The van der Waals surface area contributed by atoms with E-state index in [2.05, 4.69) is 15.5 Å². The van der Waals surface area contributed by atoms with Crippen molar-refractivity contribution in [1.82, 2.24) is 19.5 Å². The molecule has 4 aromatic rings. The zero-order valence-corrected chi connectivity index (χ0v) is 17.4. The van der Waals surface area contributed by atoms with Crippen LogP contribution in [0.15, 0.2) is 65.4 Å². The average Bonchev–Trinajstić information content (AvgIpc) is 3.38. The number of hydrogen-bond donors (Lipinski definition) is 1. The molecule has 0 atom stereocenters. The van der Waals surface area contributed by atoms with Crippen molar-refractivity contribution >= 4 is 57.9 Å². The number of halogens is 2. The molecule has 10 heteroatoms. The van der Waals surface area contributed by atoms with Crippen LogP contribution in [0.5, 0.6) is 0 Å². The minimum atomic E-state index is -0.192. The zero-order valence-electron chi connectivity index (χ0n) is 14.3. The number of carbonyl (C=O) groups excluding carboxylic acids is 1. The fourth-order valence-corrected chi connectivity index (χ4v) is 4.49. The van der Waals surface area contributed by atoms with Gasteiger partial charge in [-0.05, 0) is 41.8 Å². The summed E-state index contributed by atoms with van der Waals surface area (Å²) in [5.41, 5.74) is 0.550. The van der Waals surface area contributed by atoms with Gasteiger partial charge in [-0.25, -0.2) is 4.68 Å². The second kappa shape index (κ2) is 8.40. The predicted octanol–water partition coefficient (Wildman–Crippen LogP) is 5.16. The molecule has 1 N–H and O–H groups in total. The summed E-state index contributed by atoms with van der Waals surface area (Å²) in [6.07, 6.45) is 3.80. The molecule has 3 heterocycles. The van der Waals surface area contributed by atoms with Gasteiger partial charge in [0.15, 0.2) is 5.82 Å². The van der Waals surface area contributed by atoms with Crippen molar-refractivity contribution in [3.8, 4) is 10.7 Å². The van der Waals surface area contributed by atoms with Gasteiger partial charge in [-0.15, -0.1) is 21.5 Å². The molecule has 142 valence electrons. The number of anilines is 1. The molecule has 0 spiro atoms. The van der Waals surface area contributed by atoms with Crippen molar-refractivity contribution in [1.29, 1.82) is 0 Å². The minimum Gasteiger partial charge on any atom is -0.325 e. The molecular weight excluding hydrogens is 437 g/mol. The van der Waals surface area contributed by atoms with Crippen LogP contribution in [0.1, 0.15) is 0 Å². The molecule has 0 aliphatic rings. The molecule has 3 aromatic heterocycles. The highest BCUT2D eigenvalue weighted by Gasteiger charge is 2.17. The van der Waals surface area contributed by atoms with Crippen LogP contribution in [0.4, 0.5) is 5.69 Å². The third kappa shape index (κ3) is 4.25. The molecule has 0 aliphatic carbocycles. The average molecular weight is 450 g/mol. The van der Waals surface area contributed by atoms with Crippen LogP contribution in [0.2, 0.25) is 10.0 Å². The summed E-state index contributed by atoms with van der Waals surface area (Å²) in [6, 6.07) is 12.7. The minimum absolute atomic E-state index is 0.161. The Morgan fingerprint density at radius 3 is 2.54 bits per heavy atom. The summed E-state index contributed by atoms with van der Waals surface area (Å²) >= 11 is 14.8. The lowest BCUT2D eigenvalue weighted by Gasteiger charge is -2.10. The van der Waals surface area contributed by atoms with Crippen molar-refractivity contribution in [2.75, 3.05) is 11.1 Å². The quantitative estimate of drug-likeness (QED) is 0.413. The number of thioether (sulfide) groups is 1. The summed E-state index contributed by atoms with van der Waals surface area (Å²) < 4.78 is 3.76. The normalized spacial score (nSPS) is 10.9. The maximum atomic E-state index is 12.4. The zero-order chi connectivity index (χ0) is 19.5. The highest BCUT2D eigenvalue weighted by atomic mass is 35.5. The maximum absolute atomic E-state index is 12.4. The van der Waals surface area contributed by atoms with Gasteiger partial charge in [-0.3, -0.25) is 9.47 Å². The number of aromatic nitrogens is 4. The van der Waals surface area contributed by atoms with E-state index < -0.39 is 0 Å². The molecule has 1 aromatic carbocycles. The summed E-state index contributed by atoms with van der Waals surface area (Å²) in [5.74, 6) is 0.687. The van der Waals surface area contributed by atoms with Crippen LogP contribution in [0.25, 0.3) is 10.7 Å². The van der Waals surface area contributed by atoms with E-state index in [0.29, 0.717) is 20.9 Å². The monoisotopic (exact) mass is 449 g/mol. The Hall–Kier alpha value is -2.26. The summed E-state index contributed by atoms with van der Waals surface area (Å²) in [6.45, 7) is 0. The topological polar surface area (TPSA) is 64.7 Å². The molecule has 0 fully saturated rings. The van der Waals surface area contributed by atoms with E-state index in [4.69, 9.17) is 23.2 Å². The van der Waals surface area contributed by atoms with Gasteiger partial charge in [-0.1, -0.05) is 41.0 Å². The van der Waals surface area contributed by atoms with E-state index in [-0.39, 0.29) is 11.7 Å². The largest absolute Gasteiger partial charge is 0.325 e. The van der Waals surface area contributed by atoms with Crippen molar-refractivity contribution < 1.29 is 4.79 Å². The molecule has 28 heavy (non-hydrogen) atoms. The standard InChI is InChI=1S/C18H13Cl2N5OS2/c19-12-8-13(20)10-14(9-12)21-16(26)11-28-18-23-22-17(15-4-3-7-27-15)25(18)24-5-1-2-6-24/h1-10H,11H2,(H,21,26). The number of carbonyl (C=O) groups is 1. The van der Waals surface area contributed by atoms with Crippen LogP contribution in [-0.4, -0.2) is 31.2 Å². The van der Waals surface area contributed by atoms with Gasteiger partial charge in [0.25, 0.3) is 0 Å². The van der Waals surface area contributed by atoms with Gasteiger partial charge in [0.2, 0.25) is 11.1 Å². The first kappa shape index (κ1) is 19.1. The second-order valence-corrected chi connectivity index (χ2v) is 8.42. The van der Waals surface area contributed by atoms with Crippen LogP contribution in [0, 0.1) is 0 Å². The molecular formula is C18H13Cl2N5OS2. The summed E-state index contributed by atoms with van der Waals surface area (Å²) in [4.78, 5) is 13.4. The van der Waals surface area contributed by atoms with Gasteiger partial charge >= 0.3 is 0 Å². The Bertz CT molecular complexity index is 1070. The van der Waals surface area contributed by atoms with Crippen molar-refractivity contribution in [2.24, 2.45) is 0 Å². The number of benzene rings is 1. The fraction of sp³-hybridized carbons (Fsp3) is 0.0556. The molecule has 0 aliphatic heterocycles. The number of amides is 1. The van der Waals surface area contributed by atoms with Crippen LogP contribution in [0.3, 0.4) is 0 Å². The molecule has 0 bridgehead atoms. The van der Waals surface area contributed by atoms with E-state index in [1.807, 2.05) is 51.4 Å². The Morgan fingerprint density at radius 1 is 1.11 bits per heavy atom. The second-order valence-electron chi connectivity index (χ2n) is 5.65. The predicted molar refractivity (Wildman–Crippen MR) is 114 cm³/mol. The third-order valence-electron chi connectivity index (χ3n) is 3.65. The SMILES string of the molecule is O=C(CSc1nnc(-c2cccs2)n1-n1cccc1)Nc1cc(Cl)cc(Cl)c1. The van der Waals surface area contributed by atoms with Crippen LogP contribution < -0.4 is 5.32 Å². The molecule has 1 amide bonds. The summed E-state index contributed by atoms with van der Waals surface area (Å²) in [7, 11) is 0.